The molecule has 0 spiro atoms. The van der Waals surface area contributed by atoms with Gasteiger partial charge in [-0.3, -0.25) is 0 Å². The van der Waals surface area contributed by atoms with E-state index in [1.54, 1.807) is 0 Å². The third kappa shape index (κ3) is 5.33. The smallest absolute Gasteiger partial charge is 0.194 e. The van der Waals surface area contributed by atoms with Gasteiger partial charge in [0, 0.05) is 39.9 Å². The van der Waals surface area contributed by atoms with E-state index in [1.807, 2.05) is 31.3 Å². The topological polar surface area (TPSA) is 43.8 Å². The van der Waals surface area contributed by atoms with Crippen LogP contribution >= 0.6 is 24.0 Å². The van der Waals surface area contributed by atoms with E-state index in [2.05, 4.69) is 28.2 Å². The first-order chi connectivity index (χ1) is 9.70. The Labute approximate surface area is 144 Å². The molecule has 1 N–H and O–H groups in total. The molecular formula is C15H26IN5. The second-order valence-corrected chi connectivity index (χ2v) is 5.28. The van der Waals surface area contributed by atoms with Gasteiger partial charge in [0.05, 0.1) is 6.54 Å². The van der Waals surface area contributed by atoms with E-state index < -0.39 is 0 Å². The SMILES string of the molecule is CCNC(=NCc1ccnc(N(C)C)c1)N1CCCC1.I. The number of likely N-dealkylation sites (tertiary alicyclic amines) is 1. The molecule has 118 valence electrons. The van der Waals surface area contributed by atoms with Crippen molar-refractivity contribution in [3.05, 3.63) is 23.9 Å². The van der Waals surface area contributed by atoms with Crippen LogP contribution in [0.15, 0.2) is 23.3 Å². The van der Waals surface area contributed by atoms with E-state index >= 15 is 0 Å². The second kappa shape index (κ2) is 9.07. The molecule has 5 nitrogen and oxygen atoms in total. The molecule has 0 amide bonds. The van der Waals surface area contributed by atoms with Crippen molar-refractivity contribution < 1.29 is 0 Å². The average molecular weight is 403 g/mol. The minimum absolute atomic E-state index is 0. The first-order valence-electron chi connectivity index (χ1n) is 7.36. The number of aromatic nitrogens is 1. The zero-order valence-corrected chi connectivity index (χ0v) is 15.5. The van der Waals surface area contributed by atoms with Crippen LogP contribution in [0.25, 0.3) is 0 Å². The highest BCUT2D eigenvalue weighted by atomic mass is 127. The lowest BCUT2D eigenvalue weighted by molar-refractivity contribution is 0.493. The van der Waals surface area contributed by atoms with Crippen LogP contribution in [0, 0.1) is 0 Å². The number of hydrogen-bond donors (Lipinski definition) is 1. The molecule has 2 rings (SSSR count). The van der Waals surface area contributed by atoms with Gasteiger partial charge in [0.15, 0.2) is 5.96 Å². The number of hydrogen-bond acceptors (Lipinski definition) is 3. The Balaban J connectivity index is 0.00000220. The lowest BCUT2D eigenvalue weighted by Gasteiger charge is -2.20. The predicted octanol–water partition coefficient (Wildman–Crippen LogP) is 2.33. The van der Waals surface area contributed by atoms with Crippen molar-refractivity contribution in [1.82, 2.24) is 15.2 Å². The van der Waals surface area contributed by atoms with Gasteiger partial charge in [0.25, 0.3) is 0 Å². The van der Waals surface area contributed by atoms with E-state index in [1.165, 1.54) is 18.4 Å². The Morgan fingerprint density at radius 3 is 2.71 bits per heavy atom. The van der Waals surface area contributed by atoms with Crippen LogP contribution in [0.5, 0.6) is 0 Å². The van der Waals surface area contributed by atoms with Crippen molar-refractivity contribution >= 4 is 35.8 Å². The molecule has 0 aliphatic carbocycles. The molecule has 1 aromatic heterocycles. The number of anilines is 1. The monoisotopic (exact) mass is 403 g/mol. The molecule has 0 aromatic carbocycles. The van der Waals surface area contributed by atoms with Gasteiger partial charge >= 0.3 is 0 Å². The van der Waals surface area contributed by atoms with E-state index in [-0.39, 0.29) is 24.0 Å². The molecule has 0 radical (unpaired) electrons. The van der Waals surface area contributed by atoms with Crippen LogP contribution < -0.4 is 10.2 Å². The lowest BCUT2D eigenvalue weighted by atomic mass is 10.2. The highest BCUT2D eigenvalue weighted by Crippen LogP contribution is 2.12. The Hall–Kier alpha value is -1.05. The normalized spacial score (nSPS) is 14.8. The number of guanidine groups is 1. The quantitative estimate of drug-likeness (QED) is 0.476. The summed E-state index contributed by atoms with van der Waals surface area (Å²) in [6.45, 7) is 5.95. The summed E-state index contributed by atoms with van der Waals surface area (Å²) in [6.07, 6.45) is 4.39. The summed E-state index contributed by atoms with van der Waals surface area (Å²) < 4.78 is 0. The van der Waals surface area contributed by atoms with Gasteiger partial charge in [0.2, 0.25) is 0 Å². The molecule has 1 saturated heterocycles. The van der Waals surface area contributed by atoms with Gasteiger partial charge in [-0.15, -0.1) is 24.0 Å². The molecular weight excluding hydrogens is 377 g/mol. The summed E-state index contributed by atoms with van der Waals surface area (Å²) >= 11 is 0. The highest BCUT2D eigenvalue weighted by molar-refractivity contribution is 14.0. The lowest BCUT2D eigenvalue weighted by Crippen LogP contribution is -2.39. The number of pyridine rings is 1. The minimum Gasteiger partial charge on any atom is -0.363 e. The number of halogens is 1. The number of aliphatic imine (C=N–C) groups is 1. The summed E-state index contributed by atoms with van der Waals surface area (Å²) in [5.41, 5.74) is 1.19. The number of nitrogens with one attached hydrogen (secondary N) is 1. The van der Waals surface area contributed by atoms with Crippen LogP contribution in [0.4, 0.5) is 5.82 Å². The summed E-state index contributed by atoms with van der Waals surface area (Å²) in [5, 5.41) is 3.38. The molecule has 0 unspecified atom stereocenters. The van der Waals surface area contributed by atoms with E-state index in [4.69, 9.17) is 4.99 Å². The molecule has 0 atom stereocenters. The zero-order chi connectivity index (χ0) is 14.4. The number of rotatable bonds is 4. The van der Waals surface area contributed by atoms with Gasteiger partial charge in [-0.05, 0) is 37.5 Å². The van der Waals surface area contributed by atoms with E-state index in [9.17, 15) is 0 Å². The molecule has 0 bridgehead atoms. The molecule has 1 aliphatic rings. The van der Waals surface area contributed by atoms with Gasteiger partial charge in [-0.25, -0.2) is 9.98 Å². The van der Waals surface area contributed by atoms with Crippen molar-refractivity contribution in [2.45, 2.75) is 26.3 Å². The van der Waals surface area contributed by atoms with Crippen LogP contribution in [0.3, 0.4) is 0 Å². The molecule has 21 heavy (non-hydrogen) atoms. The molecule has 2 heterocycles. The van der Waals surface area contributed by atoms with Crippen molar-refractivity contribution in [3.63, 3.8) is 0 Å². The summed E-state index contributed by atoms with van der Waals surface area (Å²) in [5.74, 6) is 2.01. The summed E-state index contributed by atoms with van der Waals surface area (Å²) in [7, 11) is 4.01. The number of nitrogens with zero attached hydrogens (tertiary/aromatic N) is 4. The Morgan fingerprint density at radius 2 is 2.10 bits per heavy atom. The maximum atomic E-state index is 4.75. The van der Waals surface area contributed by atoms with E-state index in [0.717, 1.165) is 31.4 Å². The molecule has 1 aliphatic heterocycles. The fourth-order valence-corrected chi connectivity index (χ4v) is 2.32. The first-order valence-corrected chi connectivity index (χ1v) is 7.36. The highest BCUT2D eigenvalue weighted by Gasteiger charge is 2.15. The zero-order valence-electron chi connectivity index (χ0n) is 13.2. The van der Waals surface area contributed by atoms with E-state index in [0.29, 0.717) is 6.54 Å². The maximum Gasteiger partial charge on any atom is 0.194 e. The Kier molecular flexibility index (Phi) is 7.77. The molecule has 6 heteroatoms. The van der Waals surface area contributed by atoms with Crippen LogP contribution in [-0.4, -0.2) is 49.6 Å². The van der Waals surface area contributed by atoms with Crippen LogP contribution in [0.2, 0.25) is 0 Å². The fourth-order valence-electron chi connectivity index (χ4n) is 2.32. The van der Waals surface area contributed by atoms with Gasteiger partial charge in [0.1, 0.15) is 5.82 Å². The van der Waals surface area contributed by atoms with Crippen molar-refractivity contribution in [1.29, 1.82) is 0 Å². The van der Waals surface area contributed by atoms with Crippen LogP contribution in [0.1, 0.15) is 25.3 Å². The summed E-state index contributed by atoms with van der Waals surface area (Å²) in [4.78, 5) is 13.4. The Bertz CT molecular complexity index is 455. The van der Waals surface area contributed by atoms with Gasteiger partial charge in [-0.2, -0.15) is 0 Å². The summed E-state index contributed by atoms with van der Waals surface area (Å²) in [6, 6.07) is 4.13. The fraction of sp³-hybridized carbons (Fsp3) is 0.600. The third-order valence-electron chi connectivity index (χ3n) is 3.42. The van der Waals surface area contributed by atoms with Gasteiger partial charge in [-0.1, -0.05) is 0 Å². The third-order valence-corrected chi connectivity index (χ3v) is 3.42. The van der Waals surface area contributed by atoms with Gasteiger partial charge < -0.3 is 15.1 Å². The van der Waals surface area contributed by atoms with Crippen molar-refractivity contribution in [2.75, 3.05) is 38.6 Å². The largest absolute Gasteiger partial charge is 0.363 e. The molecule has 1 aromatic rings. The Morgan fingerprint density at radius 1 is 1.38 bits per heavy atom. The second-order valence-electron chi connectivity index (χ2n) is 5.28. The molecule has 0 saturated carbocycles. The average Bonchev–Trinajstić information content (AvgIpc) is 2.97. The standard InChI is InChI=1S/C15H25N5.HI/c1-4-16-15(20-9-5-6-10-20)18-12-13-7-8-17-14(11-13)19(2)3;/h7-8,11H,4-6,9-10,12H2,1-3H3,(H,16,18);1H. The van der Waals surface area contributed by atoms with Crippen LogP contribution in [-0.2, 0) is 6.54 Å². The first kappa shape index (κ1) is 18.0. The maximum absolute atomic E-state index is 4.75. The van der Waals surface area contributed by atoms with Crippen molar-refractivity contribution in [2.24, 2.45) is 4.99 Å². The predicted molar refractivity (Wildman–Crippen MR) is 99.6 cm³/mol. The van der Waals surface area contributed by atoms with Crippen molar-refractivity contribution in [3.8, 4) is 0 Å². The minimum atomic E-state index is 0. The molecule has 1 fully saturated rings.